The molecule has 1 N–H and O–H groups in total. The van der Waals surface area contributed by atoms with Gasteiger partial charge in [-0.15, -0.1) is 0 Å². The summed E-state index contributed by atoms with van der Waals surface area (Å²) in [4.78, 5) is 26.9. The molecule has 27 heavy (non-hydrogen) atoms. The van der Waals surface area contributed by atoms with Crippen LogP contribution in [0, 0.1) is 0 Å². The molecule has 2 atom stereocenters. The molecule has 1 aromatic rings. The van der Waals surface area contributed by atoms with Gasteiger partial charge >= 0.3 is 0 Å². The SMILES string of the molecule is O=C(COc1ccccc1)N[C@H]1C[C@H]2C(=O)N(C3CC3)S(=O)(=O)CCN2C1. The molecule has 9 heteroatoms. The molecule has 8 nitrogen and oxygen atoms in total. The first-order valence-corrected chi connectivity index (χ1v) is 10.8. The van der Waals surface area contributed by atoms with Gasteiger partial charge in [-0.05, 0) is 31.4 Å². The van der Waals surface area contributed by atoms with E-state index in [0.29, 0.717) is 25.3 Å². The van der Waals surface area contributed by atoms with Gasteiger partial charge in [-0.25, -0.2) is 12.7 Å². The van der Waals surface area contributed by atoms with Crippen LogP contribution in [0.4, 0.5) is 0 Å². The fraction of sp³-hybridized carbons (Fsp3) is 0.556. The van der Waals surface area contributed by atoms with Crippen LogP contribution in [0.5, 0.6) is 5.75 Å². The molecule has 3 fully saturated rings. The molecule has 1 aromatic carbocycles. The smallest absolute Gasteiger partial charge is 0.258 e. The highest BCUT2D eigenvalue weighted by molar-refractivity contribution is 7.89. The highest BCUT2D eigenvalue weighted by Crippen LogP contribution is 2.34. The summed E-state index contributed by atoms with van der Waals surface area (Å²) in [5.74, 6) is -0.0230. The van der Waals surface area contributed by atoms with Crippen molar-refractivity contribution in [3.8, 4) is 5.75 Å². The first-order valence-electron chi connectivity index (χ1n) is 9.21. The normalized spacial score (nSPS) is 27.7. The summed E-state index contributed by atoms with van der Waals surface area (Å²) < 4.78 is 31.3. The van der Waals surface area contributed by atoms with E-state index in [2.05, 4.69) is 5.32 Å². The number of nitrogens with zero attached hydrogens (tertiary/aromatic N) is 2. The number of sulfonamides is 1. The molecule has 0 radical (unpaired) electrons. The minimum absolute atomic E-state index is 0.0521. The quantitative estimate of drug-likeness (QED) is 0.754. The van der Waals surface area contributed by atoms with E-state index in [-0.39, 0.29) is 36.3 Å². The maximum absolute atomic E-state index is 12.8. The number of nitrogens with one attached hydrogen (secondary N) is 1. The molecule has 146 valence electrons. The molecule has 2 aliphatic heterocycles. The Morgan fingerprint density at radius 3 is 2.67 bits per heavy atom. The van der Waals surface area contributed by atoms with Gasteiger partial charge in [0.25, 0.3) is 11.8 Å². The molecule has 0 bridgehead atoms. The van der Waals surface area contributed by atoms with Crippen LogP contribution in [0.2, 0.25) is 0 Å². The van der Waals surface area contributed by atoms with Crippen molar-refractivity contribution < 1.29 is 22.7 Å². The van der Waals surface area contributed by atoms with Crippen molar-refractivity contribution in [2.45, 2.75) is 37.4 Å². The van der Waals surface area contributed by atoms with Gasteiger partial charge in [-0.1, -0.05) is 18.2 Å². The van der Waals surface area contributed by atoms with Gasteiger partial charge in [0.05, 0.1) is 11.8 Å². The zero-order chi connectivity index (χ0) is 19.0. The topological polar surface area (TPSA) is 96.0 Å². The Labute approximate surface area is 158 Å². The monoisotopic (exact) mass is 393 g/mol. The van der Waals surface area contributed by atoms with Crippen LogP contribution < -0.4 is 10.1 Å². The lowest BCUT2D eigenvalue weighted by atomic mass is 10.1. The highest BCUT2D eigenvalue weighted by atomic mass is 32.2. The zero-order valence-corrected chi connectivity index (χ0v) is 15.7. The van der Waals surface area contributed by atoms with Crippen LogP contribution >= 0.6 is 0 Å². The number of hydrogen-bond donors (Lipinski definition) is 1. The third-order valence-corrected chi connectivity index (χ3v) is 6.97. The third-order valence-electron chi connectivity index (χ3n) is 5.20. The number of para-hydroxylation sites is 1. The van der Waals surface area contributed by atoms with E-state index in [1.165, 1.54) is 0 Å². The van der Waals surface area contributed by atoms with Gasteiger partial charge in [0, 0.05) is 25.2 Å². The summed E-state index contributed by atoms with van der Waals surface area (Å²) >= 11 is 0. The summed E-state index contributed by atoms with van der Waals surface area (Å²) in [5, 5.41) is 2.90. The number of fused-ring (bicyclic) bond motifs is 1. The lowest BCUT2D eigenvalue weighted by molar-refractivity contribution is -0.131. The van der Waals surface area contributed by atoms with Gasteiger partial charge < -0.3 is 10.1 Å². The zero-order valence-electron chi connectivity index (χ0n) is 14.9. The predicted molar refractivity (Wildman–Crippen MR) is 97.5 cm³/mol. The van der Waals surface area contributed by atoms with Gasteiger partial charge in [-0.3, -0.25) is 14.5 Å². The maximum Gasteiger partial charge on any atom is 0.258 e. The van der Waals surface area contributed by atoms with E-state index in [9.17, 15) is 18.0 Å². The molecule has 2 saturated heterocycles. The summed E-state index contributed by atoms with van der Waals surface area (Å²) in [7, 11) is -3.53. The van der Waals surface area contributed by atoms with E-state index in [1.807, 2.05) is 23.1 Å². The fourth-order valence-corrected chi connectivity index (χ4v) is 5.50. The third kappa shape index (κ3) is 3.93. The number of benzene rings is 1. The molecular formula is C18H23N3O5S. The average molecular weight is 393 g/mol. The van der Waals surface area contributed by atoms with Gasteiger partial charge in [0.1, 0.15) is 5.75 Å². The van der Waals surface area contributed by atoms with Gasteiger partial charge in [0.2, 0.25) is 10.0 Å². The number of carbonyl (C=O) groups excluding carboxylic acids is 2. The first kappa shape index (κ1) is 18.2. The van der Waals surface area contributed by atoms with Crippen molar-refractivity contribution in [2.75, 3.05) is 25.4 Å². The van der Waals surface area contributed by atoms with E-state index < -0.39 is 16.1 Å². The number of amides is 2. The number of rotatable bonds is 5. The lowest BCUT2D eigenvalue weighted by Crippen LogP contribution is -2.45. The average Bonchev–Trinajstić information content (AvgIpc) is 3.39. The van der Waals surface area contributed by atoms with Crippen molar-refractivity contribution in [1.29, 1.82) is 0 Å². The Morgan fingerprint density at radius 1 is 1.22 bits per heavy atom. The molecule has 3 aliphatic rings. The molecule has 2 amide bonds. The Bertz CT molecular complexity index is 825. The molecule has 0 unspecified atom stereocenters. The Hall–Kier alpha value is -2.13. The summed E-state index contributed by atoms with van der Waals surface area (Å²) in [6.45, 7) is 0.693. The summed E-state index contributed by atoms with van der Waals surface area (Å²) in [6, 6.07) is 8.24. The van der Waals surface area contributed by atoms with E-state index >= 15 is 0 Å². The second kappa shape index (κ2) is 7.12. The van der Waals surface area contributed by atoms with Gasteiger partial charge in [0.15, 0.2) is 6.61 Å². The van der Waals surface area contributed by atoms with Crippen molar-refractivity contribution in [2.24, 2.45) is 0 Å². The fourth-order valence-electron chi connectivity index (χ4n) is 3.78. The van der Waals surface area contributed by atoms with Crippen LogP contribution in [0.25, 0.3) is 0 Å². The largest absolute Gasteiger partial charge is 0.484 e. The predicted octanol–water partition coefficient (Wildman–Crippen LogP) is -0.0411. The second-order valence-corrected chi connectivity index (χ2v) is 9.26. The van der Waals surface area contributed by atoms with E-state index in [4.69, 9.17) is 4.74 Å². The molecule has 0 spiro atoms. The van der Waals surface area contributed by atoms with Gasteiger partial charge in [-0.2, -0.15) is 0 Å². The summed E-state index contributed by atoms with van der Waals surface area (Å²) in [5.41, 5.74) is 0. The van der Waals surface area contributed by atoms with Crippen LogP contribution in [0.1, 0.15) is 19.3 Å². The Morgan fingerprint density at radius 2 is 1.96 bits per heavy atom. The molecule has 1 aliphatic carbocycles. The minimum atomic E-state index is -3.53. The van der Waals surface area contributed by atoms with Crippen molar-refractivity contribution in [3.05, 3.63) is 30.3 Å². The Kier molecular flexibility index (Phi) is 4.81. The molecule has 0 aromatic heterocycles. The van der Waals surface area contributed by atoms with Crippen LogP contribution in [0.15, 0.2) is 30.3 Å². The number of hydrogen-bond acceptors (Lipinski definition) is 6. The van der Waals surface area contributed by atoms with Crippen molar-refractivity contribution in [3.63, 3.8) is 0 Å². The first-order chi connectivity index (χ1) is 12.9. The molecule has 1 saturated carbocycles. The van der Waals surface area contributed by atoms with Crippen LogP contribution in [-0.2, 0) is 19.6 Å². The Balaban J connectivity index is 1.35. The summed E-state index contributed by atoms with van der Waals surface area (Å²) in [6.07, 6.45) is 1.91. The molecule has 2 heterocycles. The number of carbonyl (C=O) groups is 2. The van der Waals surface area contributed by atoms with E-state index in [1.54, 1.807) is 12.1 Å². The van der Waals surface area contributed by atoms with Crippen molar-refractivity contribution in [1.82, 2.24) is 14.5 Å². The second-order valence-electron chi connectivity index (χ2n) is 7.29. The highest BCUT2D eigenvalue weighted by Gasteiger charge is 2.49. The standard InChI is InChI=1S/C18H23N3O5S/c22-17(12-26-15-4-2-1-3-5-15)19-13-10-16-18(23)21(14-6-7-14)27(24,25)9-8-20(16)11-13/h1-5,13-14,16H,6-12H2,(H,19,22)/t13-,16-/m0/s1. The van der Waals surface area contributed by atoms with Crippen molar-refractivity contribution >= 4 is 21.8 Å². The lowest BCUT2D eigenvalue weighted by Gasteiger charge is -2.23. The molecule has 4 rings (SSSR count). The maximum atomic E-state index is 12.8. The van der Waals surface area contributed by atoms with E-state index in [0.717, 1.165) is 17.1 Å². The molecular weight excluding hydrogens is 370 g/mol. The number of ether oxygens (including phenoxy) is 1. The van der Waals surface area contributed by atoms with Crippen LogP contribution in [0.3, 0.4) is 0 Å². The minimum Gasteiger partial charge on any atom is -0.484 e. The van der Waals surface area contributed by atoms with Crippen LogP contribution in [-0.4, -0.2) is 73.0 Å².